The minimum atomic E-state index is -0.908. The zero-order valence-corrected chi connectivity index (χ0v) is 14.8. The van der Waals surface area contributed by atoms with Crippen LogP contribution in [0, 0.1) is 5.92 Å². The van der Waals surface area contributed by atoms with E-state index in [2.05, 4.69) is 10.3 Å². The number of nitrogens with zero attached hydrogens (tertiary/aromatic N) is 3. The molecule has 1 N–H and O–H groups in total. The second-order valence-corrected chi connectivity index (χ2v) is 6.24. The van der Waals surface area contributed by atoms with E-state index in [4.69, 9.17) is 12.2 Å². The highest BCUT2D eigenvalue weighted by atomic mass is 32.1. The van der Waals surface area contributed by atoms with Crippen molar-refractivity contribution in [3.63, 3.8) is 0 Å². The molecule has 1 fully saturated rings. The van der Waals surface area contributed by atoms with Crippen molar-refractivity contribution in [2.45, 2.75) is 6.42 Å². The van der Waals surface area contributed by atoms with Crippen LogP contribution in [0.3, 0.4) is 0 Å². The third-order valence-electron chi connectivity index (χ3n) is 3.69. The predicted octanol–water partition coefficient (Wildman–Crippen LogP) is 0.721. The van der Waals surface area contributed by atoms with Gasteiger partial charge in [-0.3, -0.25) is 19.5 Å². The van der Waals surface area contributed by atoms with Gasteiger partial charge in [0.25, 0.3) is 0 Å². The molecule has 0 aromatic heterocycles. The molecule has 1 aromatic carbocycles. The monoisotopic (exact) mass is 346 g/mol. The van der Waals surface area contributed by atoms with Gasteiger partial charge in [0.2, 0.25) is 11.8 Å². The molecule has 0 spiro atoms. The summed E-state index contributed by atoms with van der Waals surface area (Å²) in [6.45, 7) is 1.73. The largest absolute Gasteiger partial charge is 0.308 e. The van der Waals surface area contributed by atoms with Gasteiger partial charge in [0.15, 0.2) is 11.0 Å². The fourth-order valence-electron chi connectivity index (χ4n) is 2.30. The van der Waals surface area contributed by atoms with Crippen LogP contribution in [0.15, 0.2) is 35.3 Å². The van der Waals surface area contributed by atoms with Crippen LogP contribution in [0.5, 0.6) is 0 Å². The van der Waals surface area contributed by atoms with E-state index in [9.17, 15) is 9.59 Å². The average Bonchev–Trinajstić information content (AvgIpc) is 2.54. The summed E-state index contributed by atoms with van der Waals surface area (Å²) < 4.78 is 0. The number of benzene rings is 1. The van der Waals surface area contributed by atoms with Crippen molar-refractivity contribution >= 4 is 35.4 Å². The van der Waals surface area contributed by atoms with Crippen molar-refractivity contribution in [2.24, 2.45) is 10.9 Å². The zero-order valence-electron chi connectivity index (χ0n) is 13.9. The molecular weight excluding hydrogens is 324 g/mol. The minimum Gasteiger partial charge on any atom is -0.308 e. The third kappa shape index (κ3) is 4.94. The number of likely N-dealkylation sites (N-methyl/N-ethyl adjacent to an activating group) is 1. The molecular formula is C17H22N4O2S. The van der Waals surface area contributed by atoms with Crippen molar-refractivity contribution in [1.82, 2.24) is 15.1 Å². The van der Waals surface area contributed by atoms with Gasteiger partial charge >= 0.3 is 0 Å². The van der Waals surface area contributed by atoms with Gasteiger partial charge in [-0.1, -0.05) is 30.3 Å². The normalized spacial score (nSPS) is 18.5. The number of hydrogen-bond donors (Lipinski definition) is 1. The lowest BCUT2D eigenvalue weighted by atomic mass is 10.1. The lowest BCUT2D eigenvalue weighted by molar-refractivity contribution is -0.137. The van der Waals surface area contributed by atoms with Crippen molar-refractivity contribution < 1.29 is 9.59 Å². The molecule has 1 aliphatic rings. The number of aliphatic imine (C=N–C) groups is 1. The van der Waals surface area contributed by atoms with E-state index in [1.165, 1.54) is 11.1 Å². The summed E-state index contributed by atoms with van der Waals surface area (Å²) in [6, 6.07) is 9.84. The first-order valence-corrected chi connectivity index (χ1v) is 8.24. The molecule has 2 amide bonds. The Balaban J connectivity index is 1.99. The van der Waals surface area contributed by atoms with E-state index in [1.807, 2.05) is 49.3 Å². The van der Waals surface area contributed by atoms with Gasteiger partial charge in [0.05, 0.1) is 6.54 Å². The maximum Gasteiger partial charge on any atom is 0.246 e. The molecule has 0 bridgehead atoms. The lowest BCUT2D eigenvalue weighted by Crippen LogP contribution is -2.58. The van der Waals surface area contributed by atoms with Crippen molar-refractivity contribution in [3.8, 4) is 0 Å². The maximum absolute atomic E-state index is 12.6. The van der Waals surface area contributed by atoms with Crippen molar-refractivity contribution in [1.29, 1.82) is 0 Å². The zero-order chi connectivity index (χ0) is 17.5. The molecule has 6 nitrogen and oxygen atoms in total. The number of thiocarbonyl (C=S) groups is 1. The molecule has 1 saturated heterocycles. The topological polar surface area (TPSA) is 65.0 Å². The maximum atomic E-state index is 12.6. The van der Waals surface area contributed by atoms with Crippen LogP contribution in [0.1, 0.15) is 5.56 Å². The highest BCUT2D eigenvalue weighted by Crippen LogP contribution is 2.11. The smallest absolute Gasteiger partial charge is 0.246 e. The van der Waals surface area contributed by atoms with E-state index < -0.39 is 11.8 Å². The Morgan fingerprint density at radius 2 is 2.00 bits per heavy atom. The fraction of sp³-hybridized carbons (Fsp3) is 0.412. The van der Waals surface area contributed by atoms with Gasteiger partial charge in [-0.05, 0) is 38.3 Å². The number of hydrogen-bond acceptors (Lipinski definition) is 5. The van der Waals surface area contributed by atoms with Gasteiger partial charge in [0, 0.05) is 19.3 Å². The first-order chi connectivity index (χ1) is 11.5. The predicted molar refractivity (Wildman–Crippen MR) is 98.0 cm³/mol. The third-order valence-corrected chi connectivity index (χ3v) is 4.01. The van der Waals surface area contributed by atoms with Crippen molar-refractivity contribution in [2.75, 3.05) is 33.7 Å². The number of amides is 2. The fourth-order valence-corrected chi connectivity index (χ4v) is 2.58. The highest BCUT2D eigenvalue weighted by molar-refractivity contribution is 7.80. The summed E-state index contributed by atoms with van der Waals surface area (Å²) in [5.74, 6) is -1.63. The van der Waals surface area contributed by atoms with Crippen LogP contribution in [0.25, 0.3) is 0 Å². The number of carbonyl (C=O) groups excluding carboxylic acids is 2. The lowest BCUT2D eigenvalue weighted by Gasteiger charge is -2.31. The van der Waals surface area contributed by atoms with Crippen LogP contribution in [0.4, 0.5) is 0 Å². The molecule has 1 atom stereocenters. The minimum absolute atomic E-state index is 0.166. The highest BCUT2D eigenvalue weighted by Gasteiger charge is 2.37. The molecule has 2 rings (SSSR count). The molecule has 128 valence electrons. The molecule has 24 heavy (non-hydrogen) atoms. The Hall–Kier alpha value is -2.12. The summed E-state index contributed by atoms with van der Waals surface area (Å²) in [6.07, 6.45) is 2.10. The van der Waals surface area contributed by atoms with Crippen molar-refractivity contribution in [3.05, 3.63) is 35.9 Å². The first kappa shape index (κ1) is 18.2. The van der Waals surface area contributed by atoms with Crippen LogP contribution in [0.2, 0.25) is 0 Å². The summed E-state index contributed by atoms with van der Waals surface area (Å²) in [7, 11) is 3.88. The second-order valence-electron chi connectivity index (χ2n) is 5.86. The van der Waals surface area contributed by atoms with Gasteiger partial charge in [-0.2, -0.15) is 0 Å². The molecule has 0 aliphatic carbocycles. The van der Waals surface area contributed by atoms with E-state index in [0.717, 1.165) is 12.1 Å². The summed E-state index contributed by atoms with van der Waals surface area (Å²) in [4.78, 5) is 32.2. The van der Waals surface area contributed by atoms with Gasteiger partial charge in [0.1, 0.15) is 0 Å². The van der Waals surface area contributed by atoms with E-state index in [-0.39, 0.29) is 11.0 Å². The van der Waals surface area contributed by atoms with E-state index in [1.54, 1.807) is 0 Å². The molecule has 1 aliphatic heterocycles. The SMILES string of the molecule is CN(C)CCN=CC1C(=O)NC(=S)N(CCc2ccccc2)C1=O. The quantitative estimate of drug-likeness (QED) is 0.449. The Morgan fingerprint density at radius 1 is 1.29 bits per heavy atom. The summed E-state index contributed by atoms with van der Waals surface area (Å²) in [5.41, 5.74) is 1.11. The number of carbonyl (C=O) groups is 2. The molecule has 1 heterocycles. The van der Waals surface area contributed by atoms with Crippen LogP contribution in [-0.2, 0) is 16.0 Å². The van der Waals surface area contributed by atoms with Gasteiger partial charge < -0.3 is 10.2 Å². The van der Waals surface area contributed by atoms with Crippen LogP contribution < -0.4 is 5.32 Å². The Bertz CT molecular complexity index is 631. The first-order valence-electron chi connectivity index (χ1n) is 7.84. The van der Waals surface area contributed by atoms with E-state index in [0.29, 0.717) is 19.5 Å². The Kier molecular flexibility index (Phi) is 6.57. The molecule has 0 saturated carbocycles. The Labute approximate surface area is 147 Å². The van der Waals surface area contributed by atoms with Crippen LogP contribution >= 0.6 is 12.2 Å². The van der Waals surface area contributed by atoms with Gasteiger partial charge in [-0.25, -0.2) is 0 Å². The van der Waals surface area contributed by atoms with Gasteiger partial charge in [-0.15, -0.1) is 0 Å². The molecule has 0 radical (unpaired) electrons. The van der Waals surface area contributed by atoms with E-state index >= 15 is 0 Å². The number of nitrogens with one attached hydrogen (secondary N) is 1. The number of rotatable bonds is 7. The second kappa shape index (κ2) is 8.65. The summed E-state index contributed by atoms with van der Waals surface area (Å²) in [5, 5.41) is 2.76. The molecule has 7 heteroatoms. The standard InChI is InChI=1S/C17H22N4O2S/c1-20(2)11-9-18-12-14-15(22)19-17(24)21(16(14)23)10-8-13-6-4-3-5-7-13/h3-7,12,14H,8-11H2,1-2H3,(H,19,22,24). The molecule has 1 aromatic rings. The summed E-state index contributed by atoms with van der Waals surface area (Å²) >= 11 is 5.14. The average molecular weight is 346 g/mol. The Morgan fingerprint density at radius 3 is 2.67 bits per heavy atom. The van der Waals surface area contributed by atoms with Crippen LogP contribution in [-0.4, -0.2) is 66.7 Å². The molecule has 1 unspecified atom stereocenters.